The Kier molecular flexibility index (Phi) is 4.64. The summed E-state index contributed by atoms with van der Waals surface area (Å²) >= 11 is 0. The predicted octanol–water partition coefficient (Wildman–Crippen LogP) is 1.20. The summed E-state index contributed by atoms with van der Waals surface area (Å²) in [6.07, 6.45) is 1.05. The van der Waals surface area contributed by atoms with Gasteiger partial charge in [-0.25, -0.2) is 4.79 Å². The van der Waals surface area contributed by atoms with Gasteiger partial charge in [-0.05, 0) is 18.3 Å². The molecule has 0 aliphatic rings. The highest BCUT2D eigenvalue weighted by Gasteiger charge is 2.14. The van der Waals surface area contributed by atoms with Crippen LogP contribution in [-0.2, 0) is 13.0 Å². The van der Waals surface area contributed by atoms with Crippen LogP contribution in [0.2, 0.25) is 0 Å². The van der Waals surface area contributed by atoms with Crippen LogP contribution in [0.25, 0.3) is 0 Å². The molecule has 1 N–H and O–H groups in total. The molecule has 18 heavy (non-hydrogen) atoms. The van der Waals surface area contributed by atoms with E-state index >= 15 is 0 Å². The van der Waals surface area contributed by atoms with Gasteiger partial charge < -0.3 is 4.98 Å². The maximum atomic E-state index is 12.1. The van der Waals surface area contributed by atoms with Crippen molar-refractivity contribution in [2.45, 2.75) is 40.7 Å². The molecule has 0 fully saturated rings. The molecule has 100 valence electrons. The van der Waals surface area contributed by atoms with Gasteiger partial charge >= 0.3 is 5.69 Å². The van der Waals surface area contributed by atoms with Crippen molar-refractivity contribution in [3.8, 4) is 0 Å². The lowest BCUT2D eigenvalue weighted by molar-refractivity contribution is 0.111. The second kappa shape index (κ2) is 5.80. The number of hydrogen-bond acceptors (Lipinski definition) is 3. The SMILES string of the molecule is CC(C)Cc1[nH]c(=O)n(CC(C)C)c(=O)c1C=O. The van der Waals surface area contributed by atoms with E-state index in [9.17, 15) is 14.4 Å². The largest absolute Gasteiger partial charge is 0.328 e. The summed E-state index contributed by atoms with van der Waals surface area (Å²) in [5, 5.41) is 0. The molecule has 1 aromatic rings. The molecule has 0 aliphatic heterocycles. The normalized spacial score (nSPS) is 11.2. The summed E-state index contributed by atoms with van der Waals surface area (Å²) in [6, 6.07) is 0. The number of hydrogen-bond donors (Lipinski definition) is 1. The molecule has 0 atom stereocenters. The first kappa shape index (κ1) is 14.4. The van der Waals surface area contributed by atoms with Gasteiger partial charge in [0, 0.05) is 12.2 Å². The van der Waals surface area contributed by atoms with E-state index in [0.29, 0.717) is 24.9 Å². The fraction of sp³-hybridized carbons (Fsp3) is 0.615. The number of nitrogens with one attached hydrogen (secondary N) is 1. The van der Waals surface area contributed by atoms with Gasteiger partial charge in [-0.2, -0.15) is 0 Å². The fourth-order valence-electron chi connectivity index (χ4n) is 1.85. The lowest BCUT2D eigenvalue weighted by Gasteiger charge is -2.12. The van der Waals surface area contributed by atoms with Crippen LogP contribution in [0.3, 0.4) is 0 Å². The van der Waals surface area contributed by atoms with Crippen LogP contribution in [0.15, 0.2) is 9.59 Å². The second-order valence-corrected chi connectivity index (χ2v) is 5.35. The number of carbonyl (C=O) groups excluding carboxylic acids is 1. The third-order valence-electron chi connectivity index (χ3n) is 2.58. The Labute approximate surface area is 106 Å². The van der Waals surface area contributed by atoms with Gasteiger partial charge in [0.15, 0.2) is 6.29 Å². The molecule has 1 aromatic heterocycles. The smallest absolute Gasteiger partial charge is 0.310 e. The minimum Gasteiger partial charge on any atom is -0.310 e. The Morgan fingerprint density at radius 2 is 1.78 bits per heavy atom. The molecule has 0 unspecified atom stereocenters. The van der Waals surface area contributed by atoms with Crippen LogP contribution in [-0.4, -0.2) is 15.8 Å². The van der Waals surface area contributed by atoms with Gasteiger partial charge in [0.05, 0.1) is 5.56 Å². The van der Waals surface area contributed by atoms with E-state index in [1.165, 1.54) is 0 Å². The lowest BCUT2D eigenvalue weighted by Crippen LogP contribution is -2.40. The Hall–Kier alpha value is -1.65. The zero-order valence-electron chi connectivity index (χ0n) is 11.3. The number of nitrogens with zero attached hydrogens (tertiary/aromatic N) is 1. The Morgan fingerprint density at radius 3 is 2.22 bits per heavy atom. The summed E-state index contributed by atoms with van der Waals surface area (Å²) < 4.78 is 1.10. The van der Waals surface area contributed by atoms with Gasteiger partial charge in [-0.1, -0.05) is 27.7 Å². The van der Waals surface area contributed by atoms with Crippen molar-refractivity contribution in [2.75, 3.05) is 0 Å². The van der Waals surface area contributed by atoms with E-state index in [-0.39, 0.29) is 17.4 Å². The average Bonchev–Trinajstić information content (AvgIpc) is 2.23. The molecule has 0 saturated carbocycles. The summed E-state index contributed by atoms with van der Waals surface area (Å²) in [7, 11) is 0. The van der Waals surface area contributed by atoms with Crippen LogP contribution >= 0.6 is 0 Å². The standard InChI is InChI=1S/C13H20N2O3/c1-8(2)5-11-10(7-16)12(17)15(6-9(3)4)13(18)14-11/h7-9H,5-6H2,1-4H3,(H,14,18). The minimum atomic E-state index is -0.488. The zero-order chi connectivity index (χ0) is 13.9. The Balaban J connectivity index is 3.40. The first-order chi connectivity index (χ1) is 8.36. The third-order valence-corrected chi connectivity index (χ3v) is 2.58. The second-order valence-electron chi connectivity index (χ2n) is 5.35. The van der Waals surface area contributed by atoms with Crippen molar-refractivity contribution < 1.29 is 4.79 Å². The van der Waals surface area contributed by atoms with Gasteiger partial charge in [0.25, 0.3) is 5.56 Å². The van der Waals surface area contributed by atoms with E-state index in [1.54, 1.807) is 0 Å². The van der Waals surface area contributed by atoms with Crippen LogP contribution in [0, 0.1) is 11.8 Å². The third kappa shape index (κ3) is 3.18. The van der Waals surface area contributed by atoms with Crippen molar-refractivity contribution in [2.24, 2.45) is 11.8 Å². The van der Waals surface area contributed by atoms with Crippen LogP contribution in [0.1, 0.15) is 43.7 Å². The van der Waals surface area contributed by atoms with Crippen molar-refractivity contribution >= 4 is 6.29 Å². The van der Waals surface area contributed by atoms with Gasteiger partial charge in [-0.3, -0.25) is 14.2 Å². The molecule has 1 rings (SSSR count). The highest BCUT2D eigenvalue weighted by atomic mass is 16.2. The summed E-state index contributed by atoms with van der Waals surface area (Å²) in [6.45, 7) is 8.07. The monoisotopic (exact) mass is 252 g/mol. The van der Waals surface area contributed by atoms with Crippen LogP contribution in [0.4, 0.5) is 0 Å². The van der Waals surface area contributed by atoms with E-state index in [2.05, 4.69) is 4.98 Å². The first-order valence-corrected chi connectivity index (χ1v) is 6.18. The molecule has 0 saturated heterocycles. The number of aldehydes is 1. The Morgan fingerprint density at radius 1 is 1.17 bits per heavy atom. The molecule has 0 aromatic carbocycles. The van der Waals surface area contributed by atoms with Gasteiger partial charge in [0.1, 0.15) is 0 Å². The first-order valence-electron chi connectivity index (χ1n) is 6.18. The maximum Gasteiger partial charge on any atom is 0.328 e. The number of H-pyrrole nitrogens is 1. The molecule has 5 heteroatoms. The highest BCUT2D eigenvalue weighted by molar-refractivity contribution is 5.75. The number of rotatable bonds is 5. The lowest BCUT2D eigenvalue weighted by atomic mass is 10.0. The molecule has 0 radical (unpaired) electrons. The fourth-order valence-corrected chi connectivity index (χ4v) is 1.85. The molecule has 0 spiro atoms. The number of aromatic nitrogens is 2. The quantitative estimate of drug-likeness (QED) is 0.800. The molecular formula is C13H20N2O3. The molecular weight excluding hydrogens is 232 g/mol. The van der Waals surface area contributed by atoms with Crippen molar-refractivity contribution in [3.63, 3.8) is 0 Å². The minimum absolute atomic E-state index is 0.0731. The highest BCUT2D eigenvalue weighted by Crippen LogP contribution is 2.05. The van der Waals surface area contributed by atoms with Crippen LogP contribution < -0.4 is 11.2 Å². The van der Waals surface area contributed by atoms with Crippen molar-refractivity contribution in [1.82, 2.24) is 9.55 Å². The van der Waals surface area contributed by atoms with E-state index < -0.39 is 11.2 Å². The predicted molar refractivity (Wildman–Crippen MR) is 70.1 cm³/mol. The molecule has 5 nitrogen and oxygen atoms in total. The topological polar surface area (TPSA) is 71.9 Å². The van der Waals surface area contributed by atoms with E-state index in [4.69, 9.17) is 0 Å². The van der Waals surface area contributed by atoms with Crippen LogP contribution in [0.5, 0.6) is 0 Å². The number of aromatic amines is 1. The van der Waals surface area contributed by atoms with Gasteiger partial charge in [-0.15, -0.1) is 0 Å². The zero-order valence-corrected chi connectivity index (χ0v) is 11.3. The summed E-state index contributed by atoms with van der Waals surface area (Å²) in [5.41, 5.74) is -0.410. The maximum absolute atomic E-state index is 12.1. The molecule has 0 amide bonds. The molecule has 0 aliphatic carbocycles. The summed E-state index contributed by atoms with van der Waals surface area (Å²) in [4.78, 5) is 37.6. The van der Waals surface area contributed by atoms with Crippen molar-refractivity contribution in [3.05, 3.63) is 32.1 Å². The van der Waals surface area contributed by atoms with E-state index in [1.807, 2.05) is 27.7 Å². The summed E-state index contributed by atoms with van der Waals surface area (Å²) in [5.74, 6) is 0.430. The molecule has 1 heterocycles. The Bertz CT molecular complexity index is 538. The van der Waals surface area contributed by atoms with Gasteiger partial charge in [0.2, 0.25) is 0 Å². The molecule has 0 bridgehead atoms. The van der Waals surface area contributed by atoms with E-state index in [0.717, 1.165) is 4.57 Å². The average molecular weight is 252 g/mol. The van der Waals surface area contributed by atoms with Crippen molar-refractivity contribution in [1.29, 1.82) is 0 Å². The number of carbonyl (C=O) groups is 1.